The van der Waals surface area contributed by atoms with Gasteiger partial charge in [0.1, 0.15) is 10.8 Å². The van der Waals surface area contributed by atoms with Crippen LogP contribution in [0.3, 0.4) is 0 Å². The van der Waals surface area contributed by atoms with E-state index < -0.39 is 0 Å². The Bertz CT molecular complexity index is 521. The lowest BCUT2D eigenvalue weighted by atomic mass is 10.2. The third-order valence-corrected chi connectivity index (χ3v) is 2.83. The highest BCUT2D eigenvalue weighted by molar-refractivity contribution is 6.29. The average Bonchev–Trinajstić information content (AvgIpc) is 2.77. The highest BCUT2D eigenvalue weighted by Gasteiger charge is 2.10. The first-order valence-electron chi connectivity index (χ1n) is 6.30. The highest BCUT2D eigenvalue weighted by atomic mass is 35.5. The minimum absolute atomic E-state index is 0.493. The van der Waals surface area contributed by atoms with Gasteiger partial charge in [0.15, 0.2) is 5.82 Å². The molecule has 0 fully saturated rings. The normalized spacial score (nSPS) is 10.8. The third kappa shape index (κ3) is 2.88. The molecule has 0 spiro atoms. The van der Waals surface area contributed by atoms with Crippen LogP contribution in [0.2, 0.25) is 5.15 Å². The van der Waals surface area contributed by atoms with E-state index in [9.17, 15) is 0 Å². The smallest absolute Gasteiger partial charge is 0.179 e. The molecule has 96 valence electrons. The monoisotopic (exact) mass is 264 g/mol. The molecule has 0 saturated heterocycles. The van der Waals surface area contributed by atoms with Gasteiger partial charge in [-0.2, -0.15) is 5.10 Å². The van der Waals surface area contributed by atoms with Gasteiger partial charge in [0, 0.05) is 18.4 Å². The Morgan fingerprint density at radius 3 is 2.78 bits per heavy atom. The van der Waals surface area contributed by atoms with Gasteiger partial charge in [-0.25, -0.2) is 9.97 Å². The summed E-state index contributed by atoms with van der Waals surface area (Å²) in [4.78, 5) is 8.85. The van der Waals surface area contributed by atoms with E-state index >= 15 is 0 Å². The number of aryl methyl sites for hydroxylation is 2. The molecule has 2 aromatic rings. The largest absolute Gasteiger partial charge is 0.262 e. The Morgan fingerprint density at radius 1 is 1.22 bits per heavy atom. The van der Waals surface area contributed by atoms with Gasteiger partial charge in [0.05, 0.1) is 0 Å². The van der Waals surface area contributed by atoms with Crippen LogP contribution in [0.5, 0.6) is 0 Å². The first kappa shape index (κ1) is 13.0. The molecule has 2 heterocycles. The molecule has 4 nitrogen and oxygen atoms in total. The highest BCUT2D eigenvalue weighted by Crippen LogP contribution is 2.18. The van der Waals surface area contributed by atoms with Gasteiger partial charge in [-0.05, 0) is 25.0 Å². The number of rotatable bonds is 5. The fourth-order valence-corrected chi connectivity index (χ4v) is 2.08. The zero-order valence-corrected chi connectivity index (χ0v) is 11.5. The van der Waals surface area contributed by atoms with Crippen LogP contribution in [-0.2, 0) is 13.0 Å². The Kier molecular flexibility index (Phi) is 4.31. The molecule has 0 amide bonds. The topological polar surface area (TPSA) is 43.6 Å². The van der Waals surface area contributed by atoms with Gasteiger partial charge in [-0.3, -0.25) is 4.68 Å². The minimum atomic E-state index is 0.493. The van der Waals surface area contributed by atoms with E-state index in [-0.39, 0.29) is 0 Å². The predicted octanol–water partition coefficient (Wildman–Crippen LogP) is 3.36. The summed E-state index contributed by atoms with van der Waals surface area (Å²) in [6, 6.07) is 3.76. The molecule has 2 rings (SSSR count). The van der Waals surface area contributed by atoms with Crippen molar-refractivity contribution in [3.05, 3.63) is 29.2 Å². The lowest BCUT2D eigenvalue weighted by molar-refractivity contribution is 0.606. The van der Waals surface area contributed by atoms with E-state index in [1.807, 2.05) is 16.8 Å². The minimum Gasteiger partial charge on any atom is -0.262 e. The Balaban J connectivity index is 2.39. The Hall–Kier alpha value is -1.42. The van der Waals surface area contributed by atoms with Crippen molar-refractivity contribution < 1.29 is 0 Å². The summed E-state index contributed by atoms with van der Waals surface area (Å²) in [6.07, 6.45) is 4.75. The molecule has 0 aromatic carbocycles. The average molecular weight is 265 g/mol. The Morgan fingerprint density at radius 2 is 2.06 bits per heavy atom. The summed E-state index contributed by atoms with van der Waals surface area (Å²) in [5, 5.41) is 4.77. The summed E-state index contributed by atoms with van der Waals surface area (Å²) in [5.41, 5.74) is 1.91. The predicted molar refractivity (Wildman–Crippen MR) is 72.5 cm³/mol. The van der Waals surface area contributed by atoms with E-state index in [0.717, 1.165) is 37.2 Å². The molecular formula is C13H17ClN4. The van der Waals surface area contributed by atoms with Crippen molar-refractivity contribution in [3.63, 3.8) is 0 Å². The molecule has 0 bridgehead atoms. The van der Waals surface area contributed by atoms with Crippen molar-refractivity contribution >= 4 is 11.6 Å². The second-order valence-electron chi connectivity index (χ2n) is 4.20. The van der Waals surface area contributed by atoms with Crippen LogP contribution in [0.15, 0.2) is 18.3 Å². The second kappa shape index (κ2) is 5.96. The molecule has 0 atom stereocenters. The molecule has 0 aliphatic carbocycles. The molecule has 0 aliphatic heterocycles. The fourth-order valence-electron chi connectivity index (χ4n) is 1.88. The summed E-state index contributed by atoms with van der Waals surface area (Å²) >= 11 is 6.05. The second-order valence-corrected chi connectivity index (χ2v) is 4.58. The van der Waals surface area contributed by atoms with Gasteiger partial charge < -0.3 is 0 Å². The number of halogens is 1. The van der Waals surface area contributed by atoms with Gasteiger partial charge in [0.25, 0.3) is 0 Å². The van der Waals surface area contributed by atoms with Crippen LogP contribution in [0.25, 0.3) is 11.5 Å². The van der Waals surface area contributed by atoms with E-state index in [2.05, 4.69) is 28.9 Å². The van der Waals surface area contributed by atoms with Crippen LogP contribution in [-0.4, -0.2) is 19.7 Å². The molecule has 0 radical (unpaired) electrons. The van der Waals surface area contributed by atoms with Crippen molar-refractivity contribution in [2.45, 2.75) is 39.7 Å². The maximum atomic E-state index is 6.05. The van der Waals surface area contributed by atoms with Crippen molar-refractivity contribution in [2.75, 3.05) is 0 Å². The van der Waals surface area contributed by atoms with E-state index in [4.69, 9.17) is 11.6 Å². The number of nitrogens with zero attached hydrogens (tertiary/aromatic N) is 4. The summed E-state index contributed by atoms with van der Waals surface area (Å²) in [7, 11) is 0. The molecule has 5 heteroatoms. The SMILES string of the molecule is CCCc1cc(Cl)nc(-c2ccnn2CCC)n1. The van der Waals surface area contributed by atoms with Gasteiger partial charge in [0.2, 0.25) is 0 Å². The molecule has 0 N–H and O–H groups in total. The van der Waals surface area contributed by atoms with Gasteiger partial charge in [-0.15, -0.1) is 0 Å². The van der Waals surface area contributed by atoms with Gasteiger partial charge in [-0.1, -0.05) is 31.9 Å². The number of hydrogen-bond acceptors (Lipinski definition) is 3. The summed E-state index contributed by atoms with van der Waals surface area (Å²) in [6.45, 7) is 5.10. The molecule has 2 aromatic heterocycles. The molecular weight excluding hydrogens is 248 g/mol. The van der Waals surface area contributed by atoms with Crippen LogP contribution < -0.4 is 0 Å². The van der Waals surface area contributed by atoms with Crippen molar-refractivity contribution in [2.24, 2.45) is 0 Å². The summed E-state index contributed by atoms with van der Waals surface area (Å²) < 4.78 is 1.92. The molecule has 0 aliphatic rings. The number of hydrogen-bond donors (Lipinski definition) is 0. The maximum Gasteiger partial charge on any atom is 0.179 e. The standard InChI is InChI=1S/C13H17ClN4/c1-3-5-10-9-12(14)17-13(16-10)11-6-7-15-18(11)8-4-2/h6-7,9H,3-5,8H2,1-2H3. The van der Waals surface area contributed by atoms with E-state index in [1.165, 1.54) is 0 Å². The quantitative estimate of drug-likeness (QED) is 0.778. The third-order valence-electron chi connectivity index (χ3n) is 2.64. The number of aromatic nitrogens is 4. The Labute approximate surface area is 112 Å². The first-order chi connectivity index (χ1) is 8.74. The zero-order valence-electron chi connectivity index (χ0n) is 10.7. The maximum absolute atomic E-state index is 6.05. The van der Waals surface area contributed by atoms with E-state index in [0.29, 0.717) is 11.0 Å². The molecule has 0 unspecified atom stereocenters. The zero-order chi connectivity index (χ0) is 13.0. The van der Waals surface area contributed by atoms with Crippen LogP contribution in [0, 0.1) is 0 Å². The van der Waals surface area contributed by atoms with E-state index in [1.54, 1.807) is 6.20 Å². The summed E-state index contributed by atoms with van der Waals surface area (Å²) in [5.74, 6) is 0.664. The molecule has 18 heavy (non-hydrogen) atoms. The van der Waals surface area contributed by atoms with Crippen molar-refractivity contribution in [1.29, 1.82) is 0 Å². The fraction of sp³-hybridized carbons (Fsp3) is 0.462. The first-order valence-corrected chi connectivity index (χ1v) is 6.68. The van der Waals surface area contributed by atoms with Crippen LogP contribution in [0.4, 0.5) is 0 Å². The lowest BCUT2D eigenvalue weighted by Crippen LogP contribution is -2.04. The van der Waals surface area contributed by atoms with Crippen molar-refractivity contribution in [3.8, 4) is 11.5 Å². The van der Waals surface area contributed by atoms with Crippen molar-refractivity contribution in [1.82, 2.24) is 19.7 Å². The lowest BCUT2D eigenvalue weighted by Gasteiger charge is -2.07. The van der Waals surface area contributed by atoms with Gasteiger partial charge >= 0.3 is 0 Å². The molecule has 0 saturated carbocycles. The van der Waals surface area contributed by atoms with Crippen LogP contribution >= 0.6 is 11.6 Å². The van der Waals surface area contributed by atoms with Crippen LogP contribution in [0.1, 0.15) is 32.4 Å².